The second-order valence-corrected chi connectivity index (χ2v) is 6.81. The van der Waals surface area contributed by atoms with Gasteiger partial charge in [0, 0.05) is 0 Å². The molecule has 0 unspecified atom stereocenters. The van der Waals surface area contributed by atoms with E-state index in [9.17, 15) is 24.8 Å². The van der Waals surface area contributed by atoms with Crippen LogP contribution in [-0.4, -0.2) is 56.6 Å². The number of rotatable bonds is 7. The van der Waals surface area contributed by atoms with Gasteiger partial charge in [-0.05, 0) is 25.0 Å². The van der Waals surface area contributed by atoms with Crippen molar-refractivity contribution in [1.29, 1.82) is 5.26 Å². The summed E-state index contributed by atoms with van der Waals surface area (Å²) < 4.78 is 4.96. The number of aliphatic hydroxyl groups excluding tert-OH is 1. The number of aromatic amines is 1. The number of carbonyl (C=O) groups is 3. The summed E-state index contributed by atoms with van der Waals surface area (Å²) in [6.07, 6.45) is 0.790. The van der Waals surface area contributed by atoms with Crippen molar-refractivity contribution in [2.75, 3.05) is 13.2 Å². The Morgan fingerprint density at radius 3 is 2.60 bits per heavy atom. The lowest BCUT2D eigenvalue weighted by molar-refractivity contribution is -0.147. The number of fused-ring (bicyclic) bond motifs is 1. The van der Waals surface area contributed by atoms with Crippen LogP contribution in [0.5, 0.6) is 0 Å². The number of ether oxygens (including phenoxy) is 1. The number of para-hydroxylation sites is 2. The van der Waals surface area contributed by atoms with Gasteiger partial charge in [0.05, 0.1) is 11.0 Å². The number of esters is 1. The predicted octanol–water partition coefficient (Wildman–Crippen LogP) is 2.01. The van der Waals surface area contributed by atoms with E-state index in [0.29, 0.717) is 23.9 Å². The minimum absolute atomic E-state index is 0.136. The second kappa shape index (κ2) is 8.24. The van der Waals surface area contributed by atoms with E-state index in [1.165, 1.54) is 0 Å². The van der Waals surface area contributed by atoms with Crippen molar-refractivity contribution in [1.82, 2.24) is 20.2 Å². The van der Waals surface area contributed by atoms with Crippen molar-refractivity contribution < 1.29 is 24.2 Å². The van der Waals surface area contributed by atoms with E-state index >= 15 is 0 Å². The molecular weight excluding hydrogens is 390 g/mol. The second-order valence-electron chi connectivity index (χ2n) is 6.81. The SMILES string of the molecule is CCC1(CC)NC(=O)N(CC(=O)OC/C(O)=C(\C#N)c2nc3ccccc3[nH]2)C1=O. The first kappa shape index (κ1) is 20.9. The molecule has 2 heterocycles. The number of hydrogen-bond acceptors (Lipinski definition) is 7. The molecule has 3 N–H and O–H groups in total. The molecule has 0 radical (unpaired) electrons. The number of H-pyrrole nitrogens is 1. The van der Waals surface area contributed by atoms with Gasteiger partial charge in [-0.1, -0.05) is 26.0 Å². The van der Waals surface area contributed by atoms with Gasteiger partial charge in [-0.2, -0.15) is 5.26 Å². The van der Waals surface area contributed by atoms with Gasteiger partial charge < -0.3 is 20.1 Å². The van der Waals surface area contributed by atoms with E-state index in [0.717, 1.165) is 4.90 Å². The third-order valence-corrected chi connectivity index (χ3v) is 5.14. The number of benzene rings is 1. The monoisotopic (exact) mass is 411 g/mol. The Morgan fingerprint density at radius 1 is 1.30 bits per heavy atom. The average molecular weight is 411 g/mol. The zero-order valence-electron chi connectivity index (χ0n) is 16.6. The van der Waals surface area contributed by atoms with Crippen LogP contribution in [0.15, 0.2) is 30.0 Å². The molecule has 0 atom stereocenters. The number of amides is 3. The summed E-state index contributed by atoms with van der Waals surface area (Å²) in [5, 5.41) is 22.2. The fourth-order valence-corrected chi connectivity index (χ4v) is 3.27. The third kappa shape index (κ3) is 3.69. The van der Waals surface area contributed by atoms with Crippen LogP contribution >= 0.6 is 0 Å². The number of imidazole rings is 1. The van der Waals surface area contributed by atoms with Crippen LogP contribution in [0.4, 0.5) is 4.79 Å². The van der Waals surface area contributed by atoms with Crippen molar-refractivity contribution in [3.8, 4) is 6.07 Å². The van der Waals surface area contributed by atoms with Crippen LogP contribution in [0.3, 0.4) is 0 Å². The lowest BCUT2D eigenvalue weighted by Crippen LogP contribution is -2.46. The molecule has 1 aromatic carbocycles. The van der Waals surface area contributed by atoms with Gasteiger partial charge in [-0.15, -0.1) is 0 Å². The summed E-state index contributed by atoms with van der Waals surface area (Å²) in [6, 6.07) is 8.25. The maximum atomic E-state index is 12.5. The van der Waals surface area contributed by atoms with Crippen molar-refractivity contribution >= 4 is 34.5 Å². The highest BCUT2D eigenvalue weighted by Crippen LogP contribution is 2.25. The number of imide groups is 1. The highest BCUT2D eigenvalue weighted by Gasteiger charge is 2.49. The number of nitriles is 1. The van der Waals surface area contributed by atoms with E-state index in [2.05, 4.69) is 15.3 Å². The van der Waals surface area contributed by atoms with Gasteiger partial charge in [-0.3, -0.25) is 14.5 Å². The Labute approximate surface area is 172 Å². The number of nitrogens with one attached hydrogen (secondary N) is 2. The fourth-order valence-electron chi connectivity index (χ4n) is 3.27. The summed E-state index contributed by atoms with van der Waals surface area (Å²) in [5.74, 6) is -1.75. The average Bonchev–Trinajstić information content (AvgIpc) is 3.27. The Balaban J connectivity index is 1.68. The fraction of sp³-hybridized carbons (Fsp3) is 0.350. The van der Waals surface area contributed by atoms with Crippen LogP contribution in [-0.2, 0) is 14.3 Å². The molecule has 1 aliphatic heterocycles. The topological polar surface area (TPSA) is 148 Å². The van der Waals surface area contributed by atoms with Gasteiger partial charge >= 0.3 is 12.0 Å². The lowest BCUT2D eigenvalue weighted by atomic mass is 9.93. The van der Waals surface area contributed by atoms with Crippen LogP contribution in [0, 0.1) is 11.3 Å². The minimum Gasteiger partial charge on any atom is -0.507 e. The van der Waals surface area contributed by atoms with E-state index < -0.39 is 42.4 Å². The number of aliphatic hydroxyl groups is 1. The summed E-state index contributed by atoms with van der Waals surface area (Å²) in [5.41, 5.74) is 0.0946. The minimum atomic E-state index is -1.02. The number of allylic oxidation sites excluding steroid dienone is 1. The maximum Gasteiger partial charge on any atom is 0.326 e. The molecule has 0 spiro atoms. The van der Waals surface area contributed by atoms with Crippen LogP contribution in [0.2, 0.25) is 0 Å². The number of carbonyl (C=O) groups excluding carboxylic acids is 3. The molecule has 1 fully saturated rings. The van der Waals surface area contributed by atoms with Crippen LogP contribution in [0.25, 0.3) is 16.6 Å². The Morgan fingerprint density at radius 2 is 2.00 bits per heavy atom. The molecule has 30 heavy (non-hydrogen) atoms. The van der Waals surface area contributed by atoms with Gasteiger partial charge in [0.2, 0.25) is 0 Å². The molecule has 0 bridgehead atoms. The number of urea groups is 1. The number of nitrogens with zero attached hydrogens (tertiary/aromatic N) is 3. The number of hydrogen-bond donors (Lipinski definition) is 3. The highest BCUT2D eigenvalue weighted by atomic mass is 16.5. The van der Waals surface area contributed by atoms with Crippen molar-refractivity contribution in [2.45, 2.75) is 32.2 Å². The summed E-state index contributed by atoms with van der Waals surface area (Å²) in [6.45, 7) is 2.35. The first-order valence-electron chi connectivity index (χ1n) is 9.42. The Bertz CT molecular complexity index is 1040. The van der Waals surface area contributed by atoms with E-state index in [-0.39, 0.29) is 11.4 Å². The highest BCUT2D eigenvalue weighted by molar-refractivity contribution is 6.08. The zero-order chi connectivity index (χ0) is 21.9. The summed E-state index contributed by atoms with van der Waals surface area (Å²) >= 11 is 0. The number of aromatic nitrogens is 2. The zero-order valence-corrected chi connectivity index (χ0v) is 16.6. The van der Waals surface area contributed by atoms with Crippen molar-refractivity contribution in [3.63, 3.8) is 0 Å². The molecule has 0 saturated carbocycles. The standard InChI is InChI=1S/C20H21N5O5/c1-3-20(4-2)18(28)25(19(29)24-20)10-16(27)30-11-15(26)12(9-21)17-22-13-7-5-6-8-14(13)23-17/h5-8,26H,3-4,10-11H2,1-2H3,(H,22,23)(H,24,29)/b15-12-. The molecule has 3 rings (SSSR count). The Kier molecular flexibility index (Phi) is 5.73. The van der Waals surface area contributed by atoms with Gasteiger partial charge in [0.1, 0.15) is 30.3 Å². The van der Waals surface area contributed by atoms with E-state index in [4.69, 9.17) is 4.74 Å². The largest absolute Gasteiger partial charge is 0.507 e. The molecule has 0 aliphatic carbocycles. The molecule has 1 saturated heterocycles. The van der Waals surface area contributed by atoms with Crippen LogP contribution < -0.4 is 5.32 Å². The van der Waals surface area contributed by atoms with Crippen molar-refractivity contribution in [2.24, 2.45) is 0 Å². The van der Waals surface area contributed by atoms with Gasteiger partial charge in [0.25, 0.3) is 5.91 Å². The van der Waals surface area contributed by atoms with Crippen LogP contribution in [0.1, 0.15) is 32.5 Å². The molecule has 1 aliphatic rings. The van der Waals surface area contributed by atoms with Crippen molar-refractivity contribution in [3.05, 3.63) is 35.8 Å². The van der Waals surface area contributed by atoms with E-state index in [1.807, 2.05) is 6.07 Å². The molecule has 156 valence electrons. The quantitative estimate of drug-likeness (QED) is 0.273. The predicted molar refractivity (Wildman–Crippen MR) is 106 cm³/mol. The summed E-state index contributed by atoms with van der Waals surface area (Å²) in [7, 11) is 0. The third-order valence-electron chi connectivity index (χ3n) is 5.14. The smallest absolute Gasteiger partial charge is 0.326 e. The molecular formula is C20H21N5O5. The lowest BCUT2D eigenvalue weighted by Gasteiger charge is -2.22. The first-order chi connectivity index (χ1) is 14.3. The maximum absolute atomic E-state index is 12.5. The molecule has 3 amide bonds. The molecule has 1 aromatic heterocycles. The van der Waals surface area contributed by atoms with Gasteiger partial charge in [0.15, 0.2) is 11.6 Å². The normalized spacial score (nSPS) is 16.2. The summed E-state index contributed by atoms with van der Waals surface area (Å²) in [4.78, 5) is 44.7. The molecule has 2 aromatic rings. The van der Waals surface area contributed by atoms with E-state index in [1.54, 1.807) is 38.1 Å². The van der Waals surface area contributed by atoms with Gasteiger partial charge in [-0.25, -0.2) is 9.78 Å². The molecule has 10 heteroatoms. The first-order valence-corrected chi connectivity index (χ1v) is 9.42. The Hall–Kier alpha value is -3.87. The molecule has 10 nitrogen and oxygen atoms in total.